The second-order valence-corrected chi connectivity index (χ2v) is 26.0. The number of hydrogen-bond acceptors (Lipinski definition) is 4. The fourth-order valence-corrected chi connectivity index (χ4v) is 17.9. The number of nitrogens with zero attached hydrogens (tertiary/aromatic N) is 2. The first-order valence-corrected chi connectivity index (χ1v) is 27.6. The summed E-state index contributed by atoms with van der Waals surface area (Å²) in [4.78, 5) is 32.0. The summed E-state index contributed by atoms with van der Waals surface area (Å²) in [6.45, 7) is 12.5. The first kappa shape index (κ1) is 53.5. The van der Waals surface area contributed by atoms with Crippen LogP contribution >= 0.6 is 0 Å². The van der Waals surface area contributed by atoms with Crippen LogP contribution in [0.5, 0.6) is 0 Å². The van der Waals surface area contributed by atoms with Gasteiger partial charge in [-0.05, 0) is 0 Å². The van der Waals surface area contributed by atoms with Crippen molar-refractivity contribution >= 4 is 30.9 Å². The van der Waals surface area contributed by atoms with Crippen LogP contribution in [0.15, 0.2) is 129 Å². The van der Waals surface area contributed by atoms with Crippen molar-refractivity contribution in [1.82, 2.24) is 0 Å². The van der Waals surface area contributed by atoms with Crippen LogP contribution in [-0.4, -0.2) is 50.3 Å². The first-order valence-electron chi connectivity index (χ1n) is 24.5. The van der Waals surface area contributed by atoms with Gasteiger partial charge in [0.05, 0.1) is 0 Å². The third kappa shape index (κ3) is 12.5. The second-order valence-electron chi connectivity index (χ2n) is 20.1. The van der Waals surface area contributed by atoms with Crippen molar-refractivity contribution in [3.05, 3.63) is 164 Å². The standard InChI is InChI=1S/2C24H30F2NO2.2C5H5.Ti/c2*1-18(9-8-15-24(2,3)29-4)14-16-27(22-13-12-20(25)17-21(22)26)23(28)19-10-6-5-7-11-19;2*1-2-4-5-3-1;/h2*5-7,10-13,18H,8-9,14-16H2,1-4H3;2*1-3H,4H2;. The van der Waals surface area contributed by atoms with E-state index in [9.17, 15) is 9.59 Å². The molecule has 69 heavy (non-hydrogen) atoms. The molecular formula is C58H70F4N2O4Ti. The molecule has 2 aliphatic rings. The third-order valence-electron chi connectivity index (χ3n) is 14.3. The molecule has 4 aromatic carbocycles. The van der Waals surface area contributed by atoms with Crippen molar-refractivity contribution in [3.63, 3.8) is 0 Å². The Morgan fingerprint density at radius 2 is 0.957 bits per heavy atom. The minimum atomic E-state index is -5.46. The SMILES string of the molecule is COC(C)(C)CCCC(C)CCN(C(=O)c1ccccc1)c1ccc(F)[c]([Ti]([C]2=CC=CC2)([C]2=CC=CC2)[c]2c(F)ccc(N(CCC(C)CCCC(C)(C)OC)C(=O)c3ccccc3)c2F)c1F. The Morgan fingerprint density at radius 1 is 0.580 bits per heavy atom. The van der Waals surface area contributed by atoms with Gasteiger partial charge in [0.1, 0.15) is 0 Å². The summed E-state index contributed by atoms with van der Waals surface area (Å²) in [5, 5.41) is 0. The number of benzene rings is 4. The van der Waals surface area contributed by atoms with Crippen molar-refractivity contribution in [2.45, 2.75) is 117 Å². The molecule has 0 bridgehead atoms. The van der Waals surface area contributed by atoms with E-state index < -0.39 is 59.4 Å². The molecule has 6 rings (SSSR count). The normalized spacial score (nSPS) is 14.7. The zero-order valence-corrected chi connectivity index (χ0v) is 43.3. The van der Waals surface area contributed by atoms with Crippen LogP contribution in [0.1, 0.15) is 126 Å². The number of halogens is 4. The number of anilines is 2. The maximum atomic E-state index is 18.5. The van der Waals surface area contributed by atoms with Crippen molar-refractivity contribution in [1.29, 1.82) is 0 Å². The number of methoxy groups -OCH3 is 2. The van der Waals surface area contributed by atoms with Gasteiger partial charge < -0.3 is 0 Å². The summed E-state index contributed by atoms with van der Waals surface area (Å²) in [6.07, 6.45) is 17.2. The van der Waals surface area contributed by atoms with Crippen molar-refractivity contribution in [3.8, 4) is 0 Å². The Labute approximate surface area is 411 Å². The average molecular weight is 983 g/mol. The summed E-state index contributed by atoms with van der Waals surface area (Å²) in [6, 6.07) is 21.9. The van der Waals surface area contributed by atoms with Crippen LogP contribution in [0.4, 0.5) is 28.9 Å². The van der Waals surface area contributed by atoms with E-state index in [0.717, 1.165) is 50.7 Å². The van der Waals surface area contributed by atoms with E-state index in [1.54, 1.807) is 99.2 Å². The Morgan fingerprint density at radius 3 is 1.29 bits per heavy atom. The van der Waals surface area contributed by atoms with Crippen molar-refractivity contribution in [2.75, 3.05) is 37.1 Å². The quantitative estimate of drug-likeness (QED) is 0.0518. The Hall–Kier alpha value is -4.87. The summed E-state index contributed by atoms with van der Waals surface area (Å²) < 4.78 is 83.4. The Balaban J connectivity index is 1.52. The number of rotatable bonds is 24. The molecule has 0 aromatic heterocycles. The fraction of sp³-hybridized carbons (Fsp3) is 0.414. The number of allylic oxidation sites excluding steroid dienone is 8. The minimum absolute atomic E-state index is 0.108. The maximum absolute atomic E-state index is 18.5. The van der Waals surface area contributed by atoms with E-state index in [1.165, 1.54) is 21.9 Å². The second kappa shape index (κ2) is 23.8. The van der Waals surface area contributed by atoms with E-state index >= 15 is 17.6 Å². The zero-order valence-electron chi connectivity index (χ0n) is 41.7. The third-order valence-corrected chi connectivity index (χ3v) is 22.2. The zero-order chi connectivity index (χ0) is 49.9. The summed E-state index contributed by atoms with van der Waals surface area (Å²) in [5.41, 5.74) is -0.274. The number of ether oxygens (including phenoxy) is 2. The molecule has 6 nitrogen and oxygen atoms in total. The van der Waals surface area contributed by atoms with Crippen LogP contribution in [0, 0.1) is 35.1 Å². The average Bonchev–Trinajstić information content (AvgIpc) is 4.10. The molecule has 0 heterocycles. The van der Waals surface area contributed by atoms with Gasteiger partial charge in [-0.3, -0.25) is 0 Å². The summed E-state index contributed by atoms with van der Waals surface area (Å²) >= 11 is -5.46. The molecule has 2 atom stereocenters. The number of carbonyl (C=O) groups excluding carboxylic acids is 2. The van der Waals surface area contributed by atoms with Crippen LogP contribution in [0.3, 0.4) is 0 Å². The van der Waals surface area contributed by atoms with Gasteiger partial charge in [0.15, 0.2) is 0 Å². The van der Waals surface area contributed by atoms with Crippen LogP contribution < -0.4 is 17.5 Å². The van der Waals surface area contributed by atoms with E-state index in [-0.39, 0.29) is 60.3 Å². The molecule has 0 N–H and O–H groups in total. The van der Waals surface area contributed by atoms with Gasteiger partial charge in [-0.2, -0.15) is 0 Å². The topological polar surface area (TPSA) is 59.1 Å². The molecule has 4 aromatic rings. The molecular weight excluding hydrogens is 913 g/mol. The van der Waals surface area contributed by atoms with Gasteiger partial charge in [-0.1, -0.05) is 0 Å². The molecule has 0 radical (unpaired) electrons. The van der Waals surface area contributed by atoms with E-state index in [1.807, 2.05) is 39.8 Å². The van der Waals surface area contributed by atoms with Crippen LogP contribution in [0.25, 0.3) is 0 Å². The monoisotopic (exact) mass is 982 g/mol. The van der Waals surface area contributed by atoms with E-state index in [4.69, 9.17) is 9.47 Å². The van der Waals surface area contributed by atoms with E-state index in [2.05, 4.69) is 13.8 Å². The molecule has 2 amide bonds. The predicted octanol–water partition coefficient (Wildman–Crippen LogP) is 13.6. The molecule has 0 aliphatic heterocycles. The molecule has 0 saturated heterocycles. The molecule has 0 saturated carbocycles. The van der Waals surface area contributed by atoms with Crippen LogP contribution in [-0.2, 0) is 26.1 Å². The molecule has 2 unspecified atom stereocenters. The van der Waals surface area contributed by atoms with Gasteiger partial charge in [0.2, 0.25) is 0 Å². The van der Waals surface area contributed by atoms with Crippen molar-refractivity contribution < 1.29 is 53.2 Å². The molecule has 0 fully saturated rings. The van der Waals surface area contributed by atoms with Crippen LogP contribution in [0.2, 0.25) is 0 Å². The molecule has 2 aliphatic carbocycles. The number of amides is 2. The van der Waals surface area contributed by atoms with E-state index in [0.29, 0.717) is 31.7 Å². The Kier molecular flexibility index (Phi) is 18.5. The van der Waals surface area contributed by atoms with Crippen molar-refractivity contribution in [2.24, 2.45) is 11.8 Å². The van der Waals surface area contributed by atoms with Gasteiger partial charge in [0, 0.05) is 14.2 Å². The van der Waals surface area contributed by atoms with Gasteiger partial charge >= 0.3 is 399 Å². The number of hydrogen-bond donors (Lipinski definition) is 0. The molecule has 11 heteroatoms. The number of carbonyl (C=O) groups is 2. The fourth-order valence-electron chi connectivity index (χ4n) is 9.69. The summed E-state index contributed by atoms with van der Waals surface area (Å²) in [7, 11) is 3.38. The van der Waals surface area contributed by atoms with Gasteiger partial charge in [-0.25, -0.2) is 0 Å². The molecule has 0 spiro atoms. The van der Waals surface area contributed by atoms with Gasteiger partial charge in [0.25, 0.3) is 0 Å². The summed E-state index contributed by atoms with van der Waals surface area (Å²) in [5.74, 6) is -4.66. The first-order chi connectivity index (χ1) is 33.0. The Bertz CT molecular complexity index is 2360. The predicted molar refractivity (Wildman–Crippen MR) is 269 cm³/mol. The molecule has 368 valence electrons. The van der Waals surface area contributed by atoms with Gasteiger partial charge in [-0.15, -0.1) is 0 Å².